The van der Waals surface area contributed by atoms with Gasteiger partial charge in [-0.1, -0.05) is 25.1 Å². The Kier molecular flexibility index (Phi) is 2.94. The fraction of sp³-hybridized carbons (Fsp3) is 0.294. The maximum atomic E-state index is 5.51. The molecule has 0 unspecified atom stereocenters. The number of nitrogens with zero attached hydrogens (tertiary/aromatic N) is 1. The van der Waals surface area contributed by atoms with Crippen molar-refractivity contribution in [3.05, 3.63) is 53.1 Å². The zero-order valence-electron chi connectivity index (χ0n) is 11.7. The molecule has 0 atom stereocenters. The van der Waals surface area contributed by atoms with Crippen LogP contribution in [0.1, 0.15) is 23.6 Å². The predicted molar refractivity (Wildman–Crippen MR) is 79.7 cm³/mol. The Morgan fingerprint density at radius 3 is 2.63 bits per heavy atom. The number of fused-ring (bicyclic) bond motifs is 2. The minimum absolute atomic E-state index is 0.996. The van der Waals surface area contributed by atoms with Gasteiger partial charge in [-0.25, -0.2) is 0 Å². The summed E-state index contributed by atoms with van der Waals surface area (Å²) < 4.78 is 5.51. The molecule has 0 aliphatic carbocycles. The zero-order chi connectivity index (χ0) is 13.4. The second-order valence-electron chi connectivity index (χ2n) is 4.96. The van der Waals surface area contributed by atoms with Gasteiger partial charge in [0.1, 0.15) is 5.75 Å². The molecule has 19 heavy (non-hydrogen) atoms. The van der Waals surface area contributed by atoms with Gasteiger partial charge in [-0.05, 0) is 41.3 Å². The molecule has 0 aromatic heterocycles. The molecule has 2 nitrogen and oxygen atoms in total. The van der Waals surface area contributed by atoms with Crippen molar-refractivity contribution in [1.82, 2.24) is 0 Å². The van der Waals surface area contributed by atoms with Crippen LogP contribution >= 0.6 is 0 Å². The molecule has 0 fully saturated rings. The average Bonchev–Trinajstić information content (AvgIpc) is 2.46. The van der Waals surface area contributed by atoms with E-state index < -0.39 is 0 Å². The van der Waals surface area contributed by atoms with Crippen LogP contribution in [0.3, 0.4) is 0 Å². The van der Waals surface area contributed by atoms with Crippen LogP contribution in [-0.4, -0.2) is 14.2 Å². The summed E-state index contributed by atoms with van der Waals surface area (Å²) in [6.07, 6.45) is 2.00. The Bertz CT molecular complexity index is 619. The van der Waals surface area contributed by atoms with E-state index in [1.807, 2.05) is 0 Å². The number of anilines is 2. The molecular weight excluding hydrogens is 234 g/mol. The summed E-state index contributed by atoms with van der Waals surface area (Å²) in [5, 5.41) is 0. The third-order valence-electron chi connectivity index (χ3n) is 4.02. The van der Waals surface area contributed by atoms with Crippen LogP contribution in [0.15, 0.2) is 36.4 Å². The monoisotopic (exact) mass is 253 g/mol. The van der Waals surface area contributed by atoms with Crippen LogP contribution in [0.25, 0.3) is 0 Å². The van der Waals surface area contributed by atoms with E-state index in [-0.39, 0.29) is 0 Å². The highest BCUT2D eigenvalue weighted by molar-refractivity contribution is 5.76. The van der Waals surface area contributed by atoms with Crippen molar-refractivity contribution in [3.8, 4) is 5.75 Å². The quantitative estimate of drug-likeness (QED) is 0.804. The minimum atomic E-state index is 0.996. The predicted octanol–water partition coefficient (Wildman–Crippen LogP) is 3.93. The van der Waals surface area contributed by atoms with Crippen molar-refractivity contribution < 1.29 is 4.74 Å². The molecule has 2 aromatic rings. The average molecular weight is 253 g/mol. The highest BCUT2D eigenvalue weighted by atomic mass is 16.5. The van der Waals surface area contributed by atoms with E-state index in [2.05, 4.69) is 55.3 Å². The molecule has 0 saturated heterocycles. The zero-order valence-corrected chi connectivity index (χ0v) is 11.7. The fourth-order valence-electron chi connectivity index (χ4n) is 3.06. The largest absolute Gasteiger partial charge is 0.496 e. The van der Waals surface area contributed by atoms with Gasteiger partial charge in [0.05, 0.1) is 7.11 Å². The first-order chi connectivity index (χ1) is 9.26. The highest BCUT2D eigenvalue weighted by Gasteiger charge is 2.23. The number of methoxy groups -OCH3 is 1. The topological polar surface area (TPSA) is 12.5 Å². The van der Waals surface area contributed by atoms with Crippen molar-refractivity contribution in [1.29, 1.82) is 0 Å². The molecule has 0 amide bonds. The molecule has 2 heteroatoms. The standard InChI is InChI=1S/C17H19NO/c1-4-13-14-11-12-7-5-6-8-15(12)18(2)16(14)9-10-17(13)19-3/h5-10H,4,11H2,1-3H3. The Balaban J connectivity index is 2.19. The summed E-state index contributed by atoms with van der Waals surface area (Å²) in [7, 11) is 3.89. The third-order valence-corrected chi connectivity index (χ3v) is 4.02. The van der Waals surface area contributed by atoms with E-state index in [0.717, 1.165) is 18.6 Å². The second kappa shape index (κ2) is 4.61. The van der Waals surface area contributed by atoms with Crippen LogP contribution in [0, 0.1) is 0 Å². The van der Waals surface area contributed by atoms with Gasteiger partial charge in [0.2, 0.25) is 0 Å². The number of benzene rings is 2. The molecule has 3 rings (SSSR count). The molecule has 1 aliphatic rings. The van der Waals surface area contributed by atoms with Crippen LogP contribution in [0.4, 0.5) is 11.4 Å². The fourth-order valence-corrected chi connectivity index (χ4v) is 3.06. The number of hydrogen-bond donors (Lipinski definition) is 0. The van der Waals surface area contributed by atoms with E-state index >= 15 is 0 Å². The molecule has 0 bridgehead atoms. The van der Waals surface area contributed by atoms with Crippen LogP contribution in [0.5, 0.6) is 5.75 Å². The van der Waals surface area contributed by atoms with Crippen molar-refractivity contribution in [2.75, 3.05) is 19.1 Å². The summed E-state index contributed by atoms with van der Waals surface area (Å²) in [6.45, 7) is 2.19. The second-order valence-corrected chi connectivity index (χ2v) is 4.96. The lowest BCUT2D eigenvalue weighted by Gasteiger charge is -2.32. The summed E-state index contributed by atoms with van der Waals surface area (Å²) in [4.78, 5) is 2.28. The molecule has 0 radical (unpaired) electrons. The van der Waals surface area contributed by atoms with E-state index in [9.17, 15) is 0 Å². The lowest BCUT2D eigenvalue weighted by molar-refractivity contribution is 0.409. The number of ether oxygens (including phenoxy) is 1. The van der Waals surface area contributed by atoms with Crippen molar-refractivity contribution >= 4 is 11.4 Å². The molecule has 98 valence electrons. The smallest absolute Gasteiger partial charge is 0.122 e. The number of hydrogen-bond acceptors (Lipinski definition) is 2. The first-order valence-electron chi connectivity index (χ1n) is 6.76. The maximum absolute atomic E-state index is 5.51. The Morgan fingerprint density at radius 2 is 1.89 bits per heavy atom. The summed E-state index contributed by atoms with van der Waals surface area (Å²) in [5.41, 5.74) is 6.74. The van der Waals surface area contributed by atoms with Crippen molar-refractivity contribution in [2.24, 2.45) is 0 Å². The number of para-hydroxylation sites is 1. The highest BCUT2D eigenvalue weighted by Crippen LogP contribution is 2.41. The van der Waals surface area contributed by atoms with Crippen LogP contribution in [0.2, 0.25) is 0 Å². The van der Waals surface area contributed by atoms with Gasteiger partial charge in [-0.15, -0.1) is 0 Å². The lowest BCUT2D eigenvalue weighted by Crippen LogP contribution is -2.19. The maximum Gasteiger partial charge on any atom is 0.122 e. The van der Waals surface area contributed by atoms with E-state index in [4.69, 9.17) is 4.74 Å². The lowest BCUT2D eigenvalue weighted by atomic mass is 9.91. The van der Waals surface area contributed by atoms with Gasteiger partial charge in [-0.2, -0.15) is 0 Å². The number of rotatable bonds is 2. The molecule has 1 heterocycles. The normalized spacial score (nSPS) is 12.9. The minimum Gasteiger partial charge on any atom is -0.496 e. The summed E-state index contributed by atoms with van der Waals surface area (Å²) in [5.74, 6) is 1.01. The van der Waals surface area contributed by atoms with Gasteiger partial charge >= 0.3 is 0 Å². The van der Waals surface area contributed by atoms with Crippen molar-refractivity contribution in [2.45, 2.75) is 19.8 Å². The Labute approximate surface area is 114 Å². The molecule has 0 spiro atoms. The van der Waals surface area contributed by atoms with Crippen LogP contribution in [-0.2, 0) is 12.8 Å². The van der Waals surface area contributed by atoms with Gasteiger partial charge in [0, 0.05) is 24.8 Å². The third kappa shape index (κ3) is 1.79. The molecule has 2 aromatic carbocycles. The molecular formula is C17H19NO. The molecule has 1 aliphatic heterocycles. The van der Waals surface area contributed by atoms with Gasteiger partial charge in [-0.3, -0.25) is 0 Å². The van der Waals surface area contributed by atoms with E-state index in [0.29, 0.717) is 0 Å². The summed E-state index contributed by atoms with van der Waals surface area (Å²) in [6, 6.07) is 12.9. The van der Waals surface area contributed by atoms with Crippen molar-refractivity contribution in [3.63, 3.8) is 0 Å². The molecule has 0 N–H and O–H groups in total. The van der Waals surface area contributed by atoms with Gasteiger partial charge in [0.25, 0.3) is 0 Å². The van der Waals surface area contributed by atoms with Gasteiger partial charge < -0.3 is 9.64 Å². The Morgan fingerprint density at radius 1 is 1.11 bits per heavy atom. The van der Waals surface area contributed by atoms with E-state index in [1.54, 1.807) is 7.11 Å². The Hall–Kier alpha value is -1.96. The van der Waals surface area contributed by atoms with Gasteiger partial charge in [0.15, 0.2) is 0 Å². The first kappa shape index (κ1) is 12.1. The summed E-state index contributed by atoms with van der Waals surface area (Å²) >= 11 is 0. The SMILES string of the molecule is CCc1c(OC)ccc2c1Cc1ccccc1N2C. The van der Waals surface area contributed by atoms with E-state index in [1.165, 1.54) is 28.1 Å². The molecule has 0 saturated carbocycles. The van der Waals surface area contributed by atoms with Crippen LogP contribution < -0.4 is 9.64 Å². The first-order valence-corrected chi connectivity index (χ1v) is 6.76.